The molecule has 0 amide bonds. The third-order valence-corrected chi connectivity index (χ3v) is 2.81. The van der Waals surface area contributed by atoms with Gasteiger partial charge in [-0.2, -0.15) is 0 Å². The summed E-state index contributed by atoms with van der Waals surface area (Å²) in [5, 5.41) is 0. The van der Waals surface area contributed by atoms with Gasteiger partial charge in [0, 0.05) is 11.9 Å². The van der Waals surface area contributed by atoms with E-state index in [0.717, 1.165) is 18.3 Å². The molecule has 2 heteroatoms. The molecule has 0 fully saturated rings. The van der Waals surface area contributed by atoms with Crippen molar-refractivity contribution in [1.82, 2.24) is 4.90 Å². The fraction of sp³-hybridized carbons (Fsp3) is 1.00. The molecule has 0 saturated heterocycles. The van der Waals surface area contributed by atoms with Gasteiger partial charge in [0.1, 0.15) is 0 Å². The number of hydrogen-bond acceptors (Lipinski definition) is 1. The highest BCUT2D eigenvalue weighted by molar-refractivity contribution is 6.17. The molecule has 0 aromatic carbocycles. The predicted molar refractivity (Wildman–Crippen MR) is 61.6 cm³/mol. The molecule has 0 aromatic rings. The largest absolute Gasteiger partial charge is 0.306 e. The molecule has 0 radical (unpaired) electrons. The molecule has 1 nitrogen and oxygen atoms in total. The van der Waals surface area contributed by atoms with Crippen LogP contribution in [-0.2, 0) is 0 Å². The Labute approximate surface area is 88.5 Å². The van der Waals surface area contributed by atoms with Crippen LogP contribution in [0.4, 0.5) is 0 Å². The van der Waals surface area contributed by atoms with E-state index in [0.29, 0.717) is 0 Å². The summed E-state index contributed by atoms with van der Waals surface area (Å²) in [6, 6.07) is 0.741. The number of hydrogen-bond donors (Lipinski definition) is 0. The highest BCUT2D eigenvalue weighted by Gasteiger charge is 2.09. The maximum atomic E-state index is 5.69. The molecule has 0 aliphatic carbocycles. The van der Waals surface area contributed by atoms with Crippen molar-refractivity contribution < 1.29 is 0 Å². The van der Waals surface area contributed by atoms with E-state index in [9.17, 15) is 0 Å². The van der Waals surface area contributed by atoms with Crippen molar-refractivity contribution in [2.24, 2.45) is 0 Å². The Kier molecular flexibility index (Phi) is 9.00. The standard InChI is InChI=1S/C11H24ClN/c1-4-5-6-8-11(13(2)3)9-7-10-12/h11H,4-10H2,1-3H3. The molecule has 0 bridgehead atoms. The van der Waals surface area contributed by atoms with Crippen LogP contribution in [-0.4, -0.2) is 30.9 Å². The lowest BCUT2D eigenvalue weighted by Gasteiger charge is -2.23. The minimum absolute atomic E-state index is 0.741. The second kappa shape index (κ2) is 8.83. The van der Waals surface area contributed by atoms with Crippen molar-refractivity contribution in [2.75, 3.05) is 20.0 Å². The van der Waals surface area contributed by atoms with Gasteiger partial charge in [0.15, 0.2) is 0 Å². The van der Waals surface area contributed by atoms with Crippen LogP contribution in [0.2, 0.25) is 0 Å². The van der Waals surface area contributed by atoms with Crippen molar-refractivity contribution in [3.8, 4) is 0 Å². The molecule has 0 rings (SSSR count). The lowest BCUT2D eigenvalue weighted by Crippen LogP contribution is -2.27. The van der Waals surface area contributed by atoms with Gasteiger partial charge in [-0.05, 0) is 33.4 Å². The molecule has 0 aliphatic heterocycles. The molecule has 0 spiro atoms. The van der Waals surface area contributed by atoms with Crippen LogP contribution >= 0.6 is 11.6 Å². The number of halogens is 1. The lowest BCUT2D eigenvalue weighted by atomic mass is 10.0. The summed E-state index contributed by atoms with van der Waals surface area (Å²) in [5.41, 5.74) is 0. The normalized spacial score (nSPS) is 13.6. The van der Waals surface area contributed by atoms with Gasteiger partial charge >= 0.3 is 0 Å². The molecule has 0 heterocycles. The van der Waals surface area contributed by atoms with Crippen LogP contribution in [0.1, 0.15) is 45.4 Å². The van der Waals surface area contributed by atoms with Gasteiger partial charge in [-0.3, -0.25) is 0 Å². The van der Waals surface area contributed by atoms with E-state index in [4.69, 9.17) is 11.6 Å². The van der Waals surface area contributed by atoms with Gasteiger partial charge in [0.05, 0.1) is 0 Å². The quantitative estimate of drug-likeness (QED) is 0.433. The van der Waals surface area contributed by atoms with E-state index < -0.39 is 0 Å². The maximum absolute atomic E-state index is 5.69. The summed E-state index contributed by atoms with van der Waals surface area (Å²) in [4.78, 5) is 2.34. The van der Waals surface area contributed by atoms with Crippen LogP contribution in [0, 0.1) is 0 Å². The molecule has 0 saturated carbocycles. The highest BCUT2D eigenvalue weighted by atomic mass is 35.5. The van der Waals surface area contributed by atoms with Gasteiger partial charge in [0.2, 0.25) is 0 Å². The van der Waals surface area contributed by atoms with Crippen molar-refractivity contribution in [3.05, 3.63) is 0 Å². The first-order chi connectivity index (χ1) is 6.22. The molecule has 0 aliphatic rings. The number of rotatable bonds is 8. The minimum Gasteiger partial charge on any atom is -0.306 e. The summed E-state index contributed by atoms with van der Waals surface area (Å²) < 4.78 is 0. The van der Waals surface area contributed by atoms with Crippen LogP contribution in [0.15, 0.2) is 0 Å². The first kappa shape index (κ1) is 13.2. The maximum Gasteiger partial charge on any atom is 0.0224 e. The Morgan fingerprint density at radius 3 is 2.15 bits per heavy atom. The monoisotopic (exact) mass is 205 g/mol. The van der Waals surface area contributed by atoms with Crippen LogP contribution in [0.5, 0.6) is 0 Å². The molecule has 1 atom stereocenters. The van der Waals surface area contributed by atoms with Gasteiger partial charge in [-0.1, -0.05) is 26.2 Å². The first-order valence-electron chi connectivity index (χ1n) is 5.44. The lowest BCUT2D eigenvalue weighted by molar-refractivity contribution is 0.257. The van der Waals surface area contributed by atoms with Crippen LogP contribution in [0.3, 0.4) is 0 Å². The van der Waals surface area contributed by atoms with E-state index in [2.05, 4.69) is 25.9 Å². The van der Waals surface area contributed by atoms with E-state index in [1.165, 1.54) is 32.1 Å². The van der Waals surface area contributed by atoms with Gasteiger partial charge in [0.25, 0.3) is 0 Å². The fourth-order valence-electron chi connectivity index (χ4n) is 1.60. The fourth-order valence-corrected chi connectivity index (χ4v) is 1.76. The van der Waals surface area contributed by atoms with Gasteiger partial charge in [-0.25, -0.2) is 0 Å². The van der Waals surface area contributed by atoms with E-state index >= 15 is 0 Å². The smallest absolute Gasteiger partial charge is 0.0224 e. The van der Waals surface area contributed by atoms with Crippen LogP contribution < -0.4 is 0 Å². The predicted octanol–water partition coefficient (Wildman–Crippen LogP) is 3.52. The minimum atomic E-state index is 0.741. The first-order valence-corrected chi connectivity index (χ1v) is 5.98. The van der Waals surface area contributed by atoms with E-state index in [-0.39, 0.29) is 0 Å². The highest BCUT2D eigenvalue weighted by Crippen LogP contribution is 2.12. The average molecular weight is 206 g/mol. The Balaban J connectivity index is 3.54. The SMILES string of the molecule is CCCCCC(CCCCl)N(C)C. The molecule has 80 valence electrons. The molecule has 0 aromatic heterocycles. The van der Waals surface area contributed by atoms with E-state index in [1.54, 1.807) is 0 Å². The summed E-state index contributed by atoms with van der Waals surface area (Å²) in [5.74, 6) is 0.804. The third-order valence-electron chi connectivity index (χ3n) is 2.54. The Morgan fingerprint density at radius 2 is 1.69 bits per heavy atom. The van der Waals surface area contributed by atoms with Crippen molar-refractivity contribution in [1.29, 1.82) is 0 Å². The molecule has 0 N–H and O–H groups in total. The zero-order chi connectivity index (χ0) is 10.1. The van der Waals surface area contributed by atoms with Crippen molar-refractivity contribution in [2.45, 2.75) is 51.5 Å². The molecule has 13 heavy (non-hydrogen) atoms. The summed E-state index contributed by atoms with van der Waals surface area (Å²) in [7, 11) is 4.34. The molecular formula is C11H24ClN. The third kappa shape index (κ3) is 7.33. The number of alkyl halides is 1. The Morgan fingerprint density at radius 1 is 1.08 bits per heavy atom. The zero-order valence-electron chi connectivity index (χ0n) is 9.35. The Bertz CT molecular complexity index is 104. The molecular weight excluding hydrogens is 182 g/mol. The summed E-state index contributed by atoms with van der Waals surface area (Å²) in [6.07, 6.45) is 7.77. The number of unbranched alkanes of at least 4 members (excludes halogenated alkanes) is 2. The topological polar surface area (TPSA) is 3.24 Å². The second-order valence-corrected chi connectivity index (χ2v) is 4.32. The van der Waals surface area contributed by atoms with Crippen molar-refractivity contribution in [3.63, 3.8) is 0 Å². The number of nitrogens with zero attached hydrogens (tertiary/aromatic N) is 1. The zero-order valence-corrected chi connectivity index (χ0v) is 10.1. The van der Waals surface area contributed by atoms with Crippen molar-refractivity contribution >= 4 is 11.6 Å². The van der Waals surface area contributed by atoms with Gasteiger partial charge < -0.3 is 4.90 Å². The Hall–Kier alpha value is 0.250. The summed E-state index contributed by atoms with van der Waals surface area (Å²) >= 11 is 5.69. The van der Waals surface area contributed by atoms with Crippen LogP contribution in [0.25, 0.3) is 0 Å². The van der Waals surface area contributed by atoms with Gasteiger partial charge in [-0.15, -0.1) is 11.6 Å². The summed E-state index contributed by atoms with van der Waals surface area (Å²) in [6.45, 7) is 2.25. The average Bonchev–Trinajstić information content (AvgIpc) is 2.10. The molecule has 1 unspecified atom stereocenters. The second-order valence-electron chi connectivity index (χ2n) is 3.94. The van der Waals surface area contributed by atoms with E-state index in [1.807, 2.05) is 0 Å².